The van der Waals surface area contributed by atoms with E-state index in [1.54, 1.807) is 18.3 Å². The Morgan fingerprint density at radius 2 is 1.75 bits per heavy atom. The van der Waals surface area contributed by atoms with E-state index in [9.17, 15) is 4.91 Å². The van der Waals surface area contributed by atoms with E-state index >= 15 is 4.39 Å². The van der Waals surface area contributed by atoms with Gasteiger partial charge >= 0.3 is 0 Å². The molecule has 4 aromatic rings. The molecule has 2 aliphatic heterocycles. The highest BCUT2D eigenvalue weighted by molar-refractivity contribution is 5.82. The Bertz CT molecular complexity index is 1410. The van der Waals surface area contributed by atoms with E-state index in [0.29, 0.717) is 28.1 Å². The van der Waals surface area contributed by atoms with Crippen molar-refractivity contribution in [3.05, 3.63) is 64.8 Å². The lowest BCUT2D eigenvalue weighted by molar-refractivity contribution is 0.425. The predicted octanol–water partition coefficient (Wildman–Crippen LogP) is 3.19. The van der Waals surface area contributed by atoms with Crippen LogP contribution in [0.4, 0.5) is 21.7 Å². The number of ether oxygens (including phenoxy) is 1. The zero-order valence-corrected chi connectivity index (χ0v) is 22.3. The molecule has 0 amide bonds. The Morgan fingerprint density at radius 3 is 2.42 bits per heavy atom. The first kappa shape index (κ1) is 27.4. The van der Waals surface area contributed by atoms with Crippen molar-refractivity contribution in [2.24, 2.45) is 5.18 Å². The summed E-state index contributed by atoms with van der Waals surface area (Å²) in [7, 11) is 0. The lowest BCUT2D eigenvalue weighted by atomic mass is 10.2. The van der Waals surface area contributed by atoms with E-state index < -0.39 is 5.82 Å². The van der Waals surface area contributed by atoms with Crippen LogP contribution in [0, 0.1) is 17.6 Å². The summed E-state index contributed by atoms with van der Waals surface area (Å²) < 4.78 is 20.8. The van der Waals surface area contributed by atoms with Crippen molar-refractivity contribution in [1.82, 2.24) is 35.9 Å². The van der Waals surface area contributed by atoms with E-state index in [1.807, 2.05) is 19.1 Å². The highest BCUT2D eigenvalue weighted by Gasteiger charge is 2.18. The number of hydrogen-bond acceptors (Lipinski definition) is 11. The molecule has 6 rings (SSSR count). The van der Waals surface area contributed by atoms with E-state index in [-0.39, 0.29) is 18.2 Å². The molecule has 5 N–H and O–H groups in total. The maximum absolute atomic E-state index is 15.0. The van der Waals surface area contributed by atoms with E-state index in [4.69, 9.17) is 4.74 Å². The van der Waals surface area contributed by atoms with Crippen LogP contribution >= 0.6 is 0 Å². The third-order valence-electron chi connectivity index (χ3n) is 6.61. The van der Waals surface area contributed by atoms with Crippen molar-refractivity contribution >= 4 is 28.2 Å². The molecule has 12 nitrogen and oxygen atoms in total. The summed E-state index contributed by atoms with van der Waals surface area (Å²) in [6.45, 7) is 9.85. The van der Waals surface area contributed by atoms with Crippen LogP contribution in [0.15, 0.2) is 48.0 Å². The van der Waals surface area contributed by atoms with Crippen molar-refractivity contribution in [1.29, 1.82) is 0 Å². The molecule has 0 bridgehead atoms. The van der Waals surface area contributed by atoms with Gasteiger partial charge in [-0.15, -0.1) is 0 Å². The van der Waals surface area contributed by atoms with E-state index in [1.165, 1.54) is 12.4 Å². The normalized spacial score (nSPS) is 15.3. The van der Waals surface area contributed by atoms with Gasteiger partial charge in [-0.3, -0.25) is 0 Å². The van der Waals surface area contributed by atoms with Gasteiger partial charge in [-0.2, -0.15) is 4.91 Å². The zero-order valence-electron chi connectivity index (χ0n) is 22.3. The molecule has 210 valence electrons. The van der Waals surface area contributed by atoms with Gasteiger partial charge < -0.3 is 35.9 Å². The summed E-state index contributed by atoms with van der Waals surface area (Å²) in [5, 5.41) is 16.2. The predicted molar refractivity (Wildman–Crippen MR) is 153 cm³/mol. The Kier molecular flexibility index (Phi) is 9.06. The van der Waals surface area contributed by atoms with Crippen LogP contribution in [0.5, 0.6) is 11.6 Å². The lowest BCUT2D eigenvalue weighted by Crippen LogP contribution is -2.43. The number of aryl methyl sites for hydroxylation is 1. The summed E-state index contributed by atoms with van der Waals surface area (Å²) in [5.74, 6) is 0.351. The van der Waals surface area contributed by atoms with Crippen LogP contribution < -0.4 is 30.9 Å². The number of nitrogens with zero attached hydrogens (tertiary/aromatic N) is 5. The average molecular weight is 549 g/mol. The molecule has 0 unspecified atom stereocenters. The minimum Gasteiger partial charge on any atom is -0.435 e. The molecular weight excluding hydrogens is 515 g/mol. The van der Waals surface area contributed by atoms with Crippen molar-refractivity contribution in [3.63, 3.8) is 0 Å². The molecule has 13 heteroatoms. The zero-order chi connectivity index (χ0) is 27.7. The number of rotatable bonds is 7. The molecule has 0 radical (unpaired) electrons. The molecule has 1 aromatic carbocycles. The van der Waals surface area contributed by atoms with E-state index in [0.717, 1.165) is 63.7 Å². The first-order valence-electron chi connectivity index (χ1n) is 13.3. The smallest absolute Gasteiger partial charge is 0.229 e. The molecule has 3 aromatic heterocycles. The molecule has 5 heterocycles. The number of nitroso groups, excluding NO2 is 1. The number of anilines is 3. The molecule has 0 atom stereocenters. The third-order valence-corrected chi connectivity index (χ3v) is 6.61. The van der Waals surface area contributed by atoms with Crippen LogP contribution in [0.2, 0.25) is 0 Å². The maximum Gasteiger partial charge on any atom is 0.229 e. The van der Waals surface area contributed by atoms with Crippen LogP contribution in [-0.2, 0) is 6.54 Å². The van der Waals surface area contributed by atoms with Gasteiger partial charge in [-0.25, -0.2) is 19.3 Å². The Labute approximate surface area is 231 Å². The minimum absolute atomic E-state index is 0.0122. The summed E-state index contributed by atoms with van der Waals surface area (Å²) in [5.41, 5.74) is 2.83. The molecule has 2 saturated heterocycles. The maximum atomic E-state index is 15.0. The summed E-state index contributed by atoms with van der Waals surface area (Å²) in [6.07, 6.45) is 3.06. The van der Waals surface area contributed by atoms with Crippen molar-refractivity contribution < 1.29 is 9.13 Å². The summed E-state index contributed by atoms with van der Waals surface area (Å²) in [6, 6.07) is 8.74. The Hall–Kier alpha value is -4.20. The van der Waals surface area contributed by atoms with Crippen molar-refractivity contribution in [2.75, 3.05) is 62.6 Å². The largest absolute Gasteiger partial charge is 0.435 e. The summed E-state index contributed by atoms with van der Waals surface area (Å²) >= 11 is 0. The van der Waals surface area contributed by atoms with Gasteiger partial charge in [-0.05, 0) is 37.3 Å². The number of piperazine rings is 2. The van der Waals surface area contributed by atoms with Gasteiger partial charge in [0.05, 0.1) is 17.4 Å². The molecule has 2 aliphatic rings. The number of pyridine rings is 1. The van der Waals surface area contributed by atoms with Gasteiger partial charge in [-0.1, -0.05) is 5.18 Å². The second-order valence-electron chi connectivity index (χ2n) is 9.45. The number of halogens is 1. The molecule has 0 saturated carbocycles. The van der Waals surface area contributed by atoms with Gasteiger partial charge in [0.1, 0.15) is 24.5 Å². The molecular formula is C27H33FN10O2. The second-order valence-corrected chi connectivity index (χ2v) is 9.45. The highest BCUT2D eigenvalue weighted by Crippen LogP contribution is 2.33. The van der Waals surface area contributed by atoms with Crippen molar-refractivity contribution in [2.45, 2.75) is 13.5 Å². The van der Waals surface area contributed by atoms with Crippen LogP contribution in [0.1, 0.15) is 11.3 Å². The Morgan fingerprint density at radius 1 is 1.00 bits per heavy atom. The highest BCUT2D eigenvalue weighted by atomic mass is 19.1. The SMILES string of the molecule is C1CNCCN1.Cc1cc2c(F)c(Oc3ncnc(Nc4ccc(N5CCNCC5)cn4)c3CN=O)ccc2[nH]1. The number of fused-ring (bicyclic) bond motifs is 1. The van der Waals surface area contributed by atoms with Crippen molar-refractivity contribution in [3.8, 4) is 11.6 Å². The second kappa shape index (κ2) is 13.2. The minimum atomic E-state index is -0.523. The average Bonchev–Trinajstić information content (AvgIpc) is 3.39. The molecule has 0 spiro atoms. The number of nitrogens with one attached hydrogen (secondary N) is 5. The van der Waals surface area contributed by atoms with Crippen LogP contribution in [0.3, 0.4) is 0 Å². The van der Waals surface area contributed by atoms with Gasteiger partial charge in [0.25, 0.3) is 0 Å². The number of H-pyrrole nitrogens is 1. The first-order valence-corrected chi connectivity index (χ1v) is 13.3. The van der Waals surface area contributed by atoms with Crippen LogP contribution in [0.25, 0.3) is 10.9 Å². The number of aromatic amines is 1. The van der Waals surface area contributed by atoms with Crippen LogP contribution in [-0.4, -0.2) is 72.3 Å². The van der Waals surface area contributed by atoms with E-state index in [2.05, 4.69) is 51.3 Å². The number of benzene rings is 1. The third kappa shape index (κ3) is 6.68. The van der Waals surface area contributed by atoms with Gasteiger partial charge in [0.2, 0.25) is 5.88 Å². The molecule has 40 heavy (non-hydrogen) atoms. The van der Waals surface area contributed by atoms with Gasteiger partial charge in [0.15, 0.2) is 11.6 Å². The standard InChI is InChI=1S/C23H23FN8O2.C4H10N2/c1-14-10-16-18(30-14)3-4-19(21(16)24)34-23-17(12-29-33)22(27-13-28-23)31-20-5-2-15(11-26-20)32-8-6-25-7-9-32;1-2-6-4-3-5-1/h2-5,10-11,13,25,30H,6-9,12H2,1H3,(H,26,27,28,31);5-6H,1-4H2. The monoisotopic (exact) mass is 548 g/mol. The quantitative estimate of drug-likeness (QED) is 0.218. The first-order chi connectivity index (χ1) is 19.6. The lowest BCUT2D eigenvalue weighted by Gasteiger charge is -2.29. The Balaban J connectivity index is 0.000000477. The number of hydrogen-bond donors (Lipinski definition) is 5. The fraction of sp³-hybridized carbons (Fsp3) is 0.370. The fourth-order valence-corrected chi connectivity index (χ4v) is 4.56. The fourth-order valence-electron chi connectivity index (χ4n) is 4.56. The molecule has 0 aliphatic carbocycles. The van der Waals surface area contributed by atoms with Gasteiger partial charge in [0, 0.05) is 69.0 Å². The summed E-state index contributed by atoms with van der Waals surface area (Å²) in [4.78, 5) is 29.3. The molecule has 2 fully saturated rings. The topological polar surface area (TPSA) is 144 Å². The number of aromatic nitrogens is 4.